The molecule has 1 aliphatic rings. The highest BCUT2D eigenvalue weighted by atomic mass is 79.9. The lowest BCUT2D eigenvalue weighted by Crippen LogP contribution is -1.94. The third-order valence-corrected chi connectivity index (χ3v) is 3.03. The minimum Gasteiger partial charge on any atom is -0.0925 e. The summed E-state index contributed by atoms with van der Waals surface area (Å²) in [7, 11) is 0. The number of alkyl halides is 1. The van der Waals surface area contributed by atoms with Crippen LogP contribution in [0.3, 0.4) is 0 Å². The summed E-state index contributed by atoms with van der Waals surface area (Å²) >= 11 is 3.44. The van der Waals surface area contributed by atoms with Gasteiger partial charge in [-0.25, -0.2) is 0 Å². The SMILES string of the molecule is C/C(=C\CCBr)C1CCCC1. The molecule has 0 unspecified atom stereocenters. The molecule has 0 spiro atoms. The van der Waals surface area contributed by atoms with Gasteiger partial charge in [-0.15, -0.1) is 0 Å². The highest BCUT2D eigenvalue weighted by Gasteiger charge is 2.15. The van der Waals surface area contributed by atoms with Crippen LogP contribution in [0.5, 0.6) is 0 Å². The molecule has 0 N–H and O–H groups in total. The lowest BCUT2D eigenvalue weighted by Gasteiger charge is -2.08. The normalized spacial score (nSPS) is 21.1. The Kier molecular flexibility index (Phi) is 4.21. The molecule has 0 aromatic carbocycles. The van der Waals surface area contributed by atoms with Gasteiger partial charge in [-0.3, -0.25) is 0 Å². The molecule has 0 aromatic heterocycles. The average Bonchev–Trinajstić information content (AvgIpc) is 2.52. The second kappa shape index (κ2) is 4.97. The molecule has 1 heteroatoms. The summed E-state index contributed by atoms with van der Waals surface area (Å²) in [5.74, 6) is 0.925. The van der Waals surface area contributed by atoms with Crippen molar-refractivity contribution in [1.82, 2.24) is 0 Å². The Labute approximate surface area is 78.2 Å². The molecule has 1 aliphatic carbocycles. The molecule has 0 aromatic rings. The molecule has 64 valence electrons. The standard InChI is InChI=1S/C10H17Br/c1-9(5-4-8-11)10-6-2-3-7-10/h5,10H,2-4,6-8H2,1H3/b9-5+. The number of hydrogen-bond donors (Lipinski definition) is 0. The third-order valence-electron chi connectivity index (χ3n) is 2.57. The van der Waals surface area contributed by atoms with Crippen LogP contribution in [0.4, 0.5) is 0 Å². The van der Waals surface area contributed by atoms with Gasteiger partial charge in [0.1, 0.15) is 0 Å². The van der Waals surface area contributed by atoms with Crippen LogP contribution in [0.2, 0.25) is 0 Å². The highest BCUT2D eigenvalue weighted by Crippen LogP contribution is 2.30. The van der Waals surface area contributed by atoms with Gasteiger partial charge in [-0.2, -0.15) is 0 Å². The molecule has 0 radical (unpaired) electrons. The second-order valence-electron chi connectivity index (χ2n) is 3.41. The number of halogens is 1. The van der Waals surface area contributed by atoms with E-state index in [9.17, 15) is 0 Å². The number of rotatable bonds is 3. The zero-order valence-corrected chi connectivity index (χ0v) is 8.86. The Morgan fingerprint density at radius 2 is 2.09 bits per heavy atom. The van der Waals surface area contributed by atoms with Crippen LogP contribution in [0.1, 0.15) is 39.0 Å². The summed E-state index contributed by atoms with van der Waals surface area (Å²) < 4.78 is 0. The molecule has 0 heterocycles. The minimum atomic E-state index is 0.925. The molecule has 11 heavy (non-hydrogen) atoms. The Bertz CT molecular complexity index is 132. The fourth-order valence-corrected chi connectivity index (χ4v) is 2.06. The molecular formula is C10H17Br. The van der Waals surface area contributed by atoms with Gasteiger partial charge >= 0.3 is 0 Å². The quantitative estimate of drug-likeness (QED) is 0.496. The van der Waals surface area contributed by atoms with E-state index in [4.69, 9.17) is 0 Å². The molecule has 1 rings (SSSR count). The van der Waals surface area contributed by atoms with Gasteiger partial charge in [-0.1, -0.05) is 40.4 Å². The van der Waals surface area contributed by atoms with Crippen LogP contribution in [0.15, 0.2) is 11.6 Å². The van der Waals surface area contributed by atoms with Crippen molar-refractivity contribution in [3.05, 3.63) is 11.6 Å². The summed E-state index contributed by atoms with van der Waals surface area (Å²) in [6, 6.07) is 0. The van der Waals surface area contributed by atoms with Gasteiger partial charge in [-0.05, 0) is 32.1 Å². The molecule has 0 aliphatic heterocycles. The summed E-state index contributed by atoms with van der Waals surface area (Å²) in [5, 5.41) is 1.11. The van der Waals surface area contributed by atoms with Gasteiger partial charge in [0, 0.05) is 5.33 Å². The predicted molar refractivity (Wildman–Crippen MR) is 54.1 cm³/mol. The maximum Gasteiger partial charge on any atom is 0.00660 e. The van der Waals surface area contributed by atoms with Gasteiger partial charge in [0.15, 0.2) is 0 Å². The van der Waals surface area contributed by atoms with Gasteiger partial charge < -0.3 is 0 Å². The van der Waals surface area contributed by atoms with E-state index in [1.807, 2.05) is 0 Å². The van der Waals surface area contributed by atoms with Crippen molar-refractivity contribution in [3.63, 3.8) is 0 Å². The first-order valence-electron chi connectivity index (χ1n) is 4.57. The Morgan fingerprint density at radius 1 is 1.45 bits per heavy atom. The van der Waals surface area contributed by atoms with Crippen LogP contribution in [0.25, 0.3) is 0 Å². The maximum absolute atomic E-state index is 3.44. The fraction of sp³-hybridized carbons (Fsp3) is 0.800. The van der Waals surface area contributed by atoms with Crippen molar-refractivity contribution >= 4 is 15.9 Å². The molecular weight excluding hydrogens is 200 g/mol. The smallest absolute Gasteiger partial charge is 0.00660 e. The topological polar surface area (TPSA) is 0 Å². The van der Waals surface area contributed by atoms with E-state index >= 15 is 0 Å². The van der Waals surface area contributed by atoms with E-state index in [1.54, 1.807) is 5.57 Å². The van der Waals surface area contributed by atoms with Crippen molar-refractivity contribution in [2.45, 2.75) is 39.0 Å². The first-order chi connectivity index (χ1) is 5.34. The van der Waals surface area contributed by atoms with E-state index in [0.29, 0.717) is 0 Å². The van der Waals surface area contributed by atoms with Crippen LogP contribution in [-0.2, 0) is 0 Å². The Morgan fingerprint density at radius 3 is 2.64 bits per heavy atom. The van der Waals surface area contributed by atoms with Crippen molar-refractivity contribution in [3.8, 4) is 0 Å². The lowest BCUT2D eigenvalue weighted by atomic mass is 9.98. The van der Waals surface area contributed by atoms with Crippen molar-refractivity contribution in [1.29, 1.82) is 0 Å². The number of allylic oxidation sites excluding steroid dienone is 2. The predicted octanol–water partition coefficient (Wildman–Crippen LogP) is 3.91. The van der Waals surface area contributed by atoms with Crippen molar-refractivity contribution < 1.29 is 0 Å². The van der Waals surface area contributed by atoms with Gasteiger partial charge in [0.2, 0.25) is 0 Å². The van der Waals surface area contributed by atoms with E-state index < -0.39 is 0 Å². The number of hydrogen-bond acceptors (Lipinski definition) is 0. The van der Waals surface area contributed by atoms with Crippen molar-refractivity contribution in [2.75, 3.05) is 5.33 Å². The summed E-state index contributed by atoms with van der Waals surface area (Å²) in [5.41, 5.74) is 1.63. The van der Waals surface area contributed by atoms with Crippen LogP contribution in [-0.4, -0.2) is 5.33 Å². The molecule has 0 saturated heterocycles. The Hall–Kier alpha value is 0.220. The average molecular weight is 217 g/mol. The monoisotopic (exact) mass is 216 g/mol. The highest BCUT2D eigenvalue weighted by molar-refractivity contribution is 9.09. The second-order valence-corrected chi connectivity index (χ2v) is 4.20. The zero-order valence-electron chi connectivity index (χ0n) is 7.28. The summed E-state index contributed by atoms with van der Waals surface area (Å²) in [6.07, 6.45) is 9.36. The molecule has 1 fully saturated rings. The third kappa shape index (κ3) is 2.98. The van der Waals surface area contributed by atoms with E-state index in [1.165, 1.54) is 32.1 Å². The molecule has 0 bridgehead atoms. The van der Waals surface area contributed by atoms with Gasteiger partial charge in [0.05, 0.1) is 0 Å². The van der Waals surface area contributed by atoms with Crippen LogP contribution in [0, 0.1) is 5.92 Å². The largest absolute Gasteiger partial charge is 0.0925 e. The lowest BCUT2D eigenvalue weighted by molar-refractivity contribution is 0.639. The minimum absolute atomic E-state index is 0.925. The summed E-state index contributed by atoms with van der Waals surface area (Å²) in [6.45, 7) is 2.29. The first-order valence-corrected chi connectivity index (χ1v) is 5.69. The maximum atomic E-state index is 3.44. The molecule has 0 amide bonds. The fourth-order valence-electron chi connectivity index (χ4n) is 1.83. The van der Waals surface area contributed by atoms with Gasteiger partial charge in [0.25, 0.3) is 0 Å². The Balaban J connectivity index is 2.32. The summed E-state index contributed by atoms with van der Waals surface area (Å²) in [4.78, 5) is 0. The van der Waals surface area contributed by atoms with E-state index in [0.717, 1.165) is 11.2 Å². The zero-order chi connectivity index (χ0) is 8.10. The first kappa shape index (κ1) is 9.31. The molecule has 0 atom stereocenters. The molecule has 0 nitrogen and oxygen atoms in total. The van der Waals surface area contributed by atoms with Crippen molar-refractivity contribution in [2.24, 2.45) is 5.92 Å². The van der Waals surface area contributed by atoms with Crippen LogP contribution < -0.4 is 0 Å². The van der Waals surface area contributed by atoms with E-state index in [2.05, 4.69) is 28.9 Å². The molecule has 1 saturated carbocycles. The van der Waals surface area contributed by atoms with E-state index in [-0.39, 0.29) is 0 Å². The van der Waals surface area contributed by atoms with Crippen LogP contribution >= 0.6 is 15.9 Å².